The average Bonchev–Trinajstić information content (AvgIpc) is 2.80. The van der Waals surface area contributed by atoms with E-state index in [2.05, 4.69) is 0 Å². The van der Waals surface area contributed by atoms with Crippen LogP contribution in [0.15, 0.2) is 4.90 Å². The van der Waals surface area contributed by atoms with E-state index in [1.165, 1.54) is 4.31 Å². The molecule has 2 aliphatic heterocycles. The lowest BCUT2D eigenvalue weighted by Gasteiger charge is -2.39. The number of likely N-dealkylation sites (tertiary alicyclic amines) is 1. The molecule has 190 valence electrons. The van der Waals surface area contributed by atoms with Crippen LogP contribution < -0.4 is 0 Å². The Morgan fingerprint density at radius 2 is 1.15 bits per heavy atom. The second-order valence-electron chi connectivity index (χ2n) is 11.0. The Kier molecular flexibility index (Phi) is 7.54. The number of hydrogen-bond donors (Lipinski definition) is 0. The van der Waals surface area contributed by atoms with Gasteiger partial charge in [0.05, 0.1) is 4.90 Å². The Balaban J connectivity index is 1.65. The van der Waals surface area contributed by atoms with Crippen LogP contribution in [0.5, 0.6) is 0 Å². The molecule has 0 atom stereocenters. The van der Waals surface area contributed by atoms with Crippen molar-refractivity contribution in [3.05, 3.63) is 27.8 Å². The molecule has 3 rings (SSSR count). The number of amides is 2. The van der Waals surface area contributed by atoms with Crippen LogP contribution in [0.1, 0.15) is 61.4 Å². The molecule has 2 fully saturated rings. The Bertz CT molecular complexity index is 1040. The van der Waals surface area contributed by atoms with Gasteiger partial charge in [0.25, 0.3) is 0 Å². The minimum atomic E-state index is -3.64. The fourth-order valence-corrected chi connectivity index (χ4v) is 7.17. The molecule has 1 aromatic rings. The largest absolute Gasteiger partial charge is 0.342 e. The number of piperazine rings is 1. The Hall–Kier alpha value is -1.93. The van der Waals surface area contributed by atoms with Gasteiger partial charge in [-0.15, -0.1) is 0 Å². The first kappa shape index (κ1) is 26.7. The van der Waals surface area contributed by atoms with E-state index < -0.39 is 15.4 Å². The number of nitrogens with zero attached hydrogens (tertiary/aromatic N) is 3. The molecular formula is C26H41N3O4S. The third-order valence-electron chi connectivity index (χ3n) is 7.85. The van der Waals surface area contributed by atoms with Gasteiger partial charge in [-0.1, -0.05) is 20.8 Å². The van der Waals surface area contributed by atoms with Gasteiger partial charge in [-0.25, -0.2) is 8.42 Å². The highest BCUT2D eigenvalue weighted by atomic mass is 32.2. The highest BCUT2D eigenvalue weighted by molar-refractivity contribution is 7.89. The van der Waals surface area contributed by atoms with Gasteiger partial charge in [0.2, 0.25) is 21.8 Å². The zero-order chi connectivity index (χ0) is 25.6. The zero-order valence-electron chi connectivity index (χ0n) is 22.1. The van der Waals surface area contributed by atoms with Crippen LogP contribution in [0.2, 0.25) is 0 Å². The van der Waals surface area contributed by atoms with E-state index in [4.69, 9.17) is 0 Å². The predicted octanol–water partition coefficient (Wildman–Crippen LogP) is 3.35. The van der Waals surface area contributed by atoms with Crippen LogP contribution in [-0.2, 0) is 19.6 Å². The summed E-state index contributed by atoms with van der Waals surface area (Å²) in [5.74, 6) is 0.123. The van der Waals surface area contributed by atoms with E-state index in [9.17, 15) is 18.0 Å². The van der Waals surface area contributed by atoms with Gasteiger partial charge in [-0.05, 0) is 75.3 Å². The molecule has 2 amide bonds. The zero-order valence-corrected chi connectivity index (χ0v) is 22.9. The molecule has 0 bridgehead atoms. The molecule has 2 saturated heterocycles. The molecule has 2 heterocycles. The summed E-state index contributed by atoms with van der Waals surface area (Å²) in [5.41, 5.74) is 4.40. The second-order valence-corrected chi connectivity index (χ2v) is 12.9. The van der Waals surface area contributed by atoms with Crippen LogP contribution in [0.25, 0.3) is 0 Å². The van der Waals surface area contributed by atoms with Crippen molar-refractivity contribution in [2.75, 3.05) is 39.3 Å². The Morgan fingerprint density at radius 3 is 1.59 bits per heavy atom. The fourth-order valence-electron chi connectivity index (χ4n) is 5.19. The SMILES string of the molecule is Cc1c(C)c(C)c(S(=O)(=O)N2CCN(C(=O)C3CCN(C(=O)C(C)(C)C)CC3)CC2)c(C)c1C. The Morgan fingerprint density at radius 1 is 0.706 bits per heavy atom. The minimum Gasteiger partial charge on any atom is -0.342 e. The maximum atomic E-state index is 13.6. The highest BCUT2D eigenvalue weighted by Crippen LogP contribution is 2.32. The van der Waals surface area contributed by atoms with Crippen molar-refractivity contribution in [2.24, 2.45) is 11.3 Å². The molecule has 34 heavy (non-hydrogen) atoms. The van der Waals surface area contributed by atoms with E-state index in [1.54, 1.807) is 0 Å². The van der Waals surface area contributed by atoms with Crippen molar-refractivity contribution in [3.8, 4) is 0 Å². The first-order valence-electron chi connectivity index (χ1n) is 12.3. The summed E-state index contributed by atoms with van der Waals surface area (Å²) in [5, 5.41) is 0. The van der Waals surface area contributed by atoms with Crippen molar-refractivity contribution in [2.45, 2.75) is 73.1 Å². The van der Waals surface area contributed by atoms with Crippen molar-refractivity contribution in [1.29, 1.82) is 0 Å². The lowest BCUT2D eigenvalue weighted by Crippen LogP contribution is -2.53. The molecule has 0 radical (unpaired) electrons. The number of hydrogen-bond acceptors (Lipinski definition) is 4. The molecule has 1 aromatic carbocycles. The van der Waals surface area contributed by atoms with Gasteiger partial charge in [0, 0.05) is 50.6 Å². The number of piperidine rings is 1. The van der Waals surface area contributed by atoms with Gasteiger partial charge in [-0.3, -0.25) is 9.59 Å². The third-order valence-corrected chi connectivity index (χ3v) is 10.0. The lowest BCUT2D eigenvalue weighted by atomic mass is 9.90. The molecule has 0 aliphatic carbocycles. The van der Waals surface area contributed by atoms with Crippen LogP contribution in [0.4, 0.5) is 0 Å². The van der Waals surface area contributed by atoms with Crippen molar-refractivity contribution in [3.63, 3.8) is 0 Å². The van der Waals surface area contributed by atoms with Crippen LogP contribution in [0.3, 0.4) is 0 Å². The molecule has 0 aromatic heterocycles. The molecule has 0 saturated carbocycles. The van der Waals surface area contributed by atoms with Gasteiger partial charge in [0.15, 0.2) is 0 Å². The van der Waals surface area contributed by atoms with Gasteiger partial charge in [-0.2, -0.15) is 4.31 Å². The first-order valence-corrected chi connectivity index (χ1v) is 13.8. The van der Waals surface area contributed by atoms with Crippen LogP contribution in [0, 0.1) is 46.0 Å². The number of sulfonamides is 1. The first-order chi connectivity index (χ1) is 15.7. The molecule has 0 unspecified atom stereocenters. The van der Waals surface area contributed by atoms with Gasteiger partial charge in [0.1, 0.15) is 0 Å². The number of carbonyl (C=O) groups excluding carboxylic acids is 2. The summed E-state index contributed by atoms with van der Waals surface area (Å²) in [7, 11) is -3.64. The molecule has 2 aliphatic rings. The topological polar surface area (TPSA) is 78.0 Å². The summed E-state index contributed by atoms with van der Waals surface area (Å²) in [6, 6.07) is 0. The number of rotatable bonds is 3. The quantitative estimate of drug-likeness (QED) is 0.650. The number of benzene rings is 1. The van der Waals surface area contributed by atoms with E-state index in [0.29, 0.717) is 57.0 Å². The smallest absolute Gasteiger partial charge is 0.243 e. The van der Waals surface area contributed by atoms with Gasteiger partial charge >= 0.3 is 0 Å². The molecule has 7 nitrogen and oxygen atoms in total. The molecule has 8 heteroatoms. The summed E-state index contributed by atoms with van der Waals surface area (Å²) in [6.07, 6.45) is 1.33. The standard InChI is InChI=1S/C26H41N3O4S/c1-17-18(2)20(4)23(21(5)19(17)3)34(32,33)29-15-13-27(14-16-29)24(30)22-9-11-28(12-10-22)25(31)26(6,7)8/h22H,9-16H2,1-8H3. The van der Waals surface area contributed by atoms with Crippen molar-refractivity contribution < 1.29 is 18.0 Å². The normalized spacial score (nSPS) is 18.9. The monoisotopic (exact) mass is 491 g/mol. The summed E-state index contributed by atoms with van der Waals surface area (Å²) < 4.78 is 28.7. The van der Waals surface area contributed by atoms with E-state index >= 15 is 0 Å². The maximum Gasteiger partial charge on any atom is 0.243 e. The lowest BCUT2D eigenvalue weighted by molar-refractivity contribution is -0.145. The van der Waals surface area contributed by atoms with E-state index in [-0.39, 0.29) is 17.7 Å². The predicted molar refractivity (Wildman–Crippen MR) is 134 cm³/mol. The second kappa shape index (κ2) is 9.61. The van der Waals surface area contributed by atoms with Crippen molar-refractivity contribution in [1.82, 2.24) is 14.1 Å². The third kappa shape index (κ3) is 4.89. The van der Waals surface area contributed by atoms with Crippen LogP contribution in [-0.4, -0.2) is 73.6 Å². The van der Waals surface area contributed by atoms with Crippen molar-refractivity contribution >= 4 is 21.8 Å². The highest BCUT2D eigenvalue weighted by Gasteiger charge is 2.37. The van der Waals surface area contributed by atoms with E-state index in [0.717, 1.165) is 27.8 Å². The molecule has 0 spiro atoms. The average molecular weight is 492 g/mol. The summed E-state index contributed by atoms with van der Waals surface area (Å²) in [6.45, 7) is 18.2. The van der Waals surface area contributed by atoms with E-state index in [1.807, 2.05) is 65.2 Å². The summed E-state index contributed by atoms with van der Waals surface area (Å²) in [4.78, 5) is 29.8. The van der Waals surface area contributed by atoms with Gasteiger partial charge < -0.3 is 9.80 Å². The summed E-state index contributed by atoms with van der Waals surface area (Å²) >= 11 is 0. The Labute approximate surface area is 205 Å². The fraction of sp³-hybridized carbons (Fsp3) is 0.692. The number of carbonyl (C=O) groups is 2. The molecular weight excluding hydrogens is 450 g/mol. The van der Waals surface area contributed by atoms with Crippen LogP contribution >= 0.6 is 0 Å². The molecule has 0 N–H and O–H groups in total. The maximum absolute atomic E-state index is 13.6. The minimum absolute atomic E-state index is 0.0919.